The van der Waals surface area contributed by atoms with Gasteiger partial charge in [0.05, 0.1) is 6.17 Å². The quantitative estimate of drug-likeness (QED) is 0.394. The van der Waals surface area contributed by atoms with E-state index in [0.29, 0.717) is 18.4 Å². The molecule has 3 N–H and O–H groups in total. The van der Waals surface area contributed by atoms with Gasteiger partial charge in [0.1, 0.15) is 12.6 Å². The fourth-order valence-corrected chi connectivity index (χ4v) is 3.65. The number of fused-ring (bicyclic) bond motifs is 1. The Morgan fingerprint density at radius 3 is 2.80 bits per heavy atom. The number of hydrogen-bond acceptors (Lipinski definition) is 6. The fourth-order valence-electron chi connectivity index (χ4n) is 3.65. The molecule has 0 saturated carbocycles. The summed E-state index contributed by atoms with van der Waals surface area (Å²) >= 11 is 0. The Bertz CT molecular complexity index is 1000. The molecule has 0 radical (unpaired) electrons. The summed E-state index contributed by atoms with van der Waals surface area (Å²) < 4.78 is 5.59. The molecule has 1 unspecified atom stereocenters. The molecule has 7 nitrogen and oxygen atoms in total. The summed E-state index contributed by atoms with van der Waals surface area (Å²) in [5.41, 5.74) is 4.00. The summed E-state index contributed by atoms with van der Waals surface area (Å²) in [6, 6.07) is 17.2. The molecule has 0 spiro atoms. The van der Waals surface area contributed by atoms with Gasteiger partial charge in [-0.15, -0.1) is 0 Å². The molecule has 3 aromatic rings. The average molecular weight is 404 g/mol. The number of nitrogens with zero attached hydrogens (tertiary/aromatic N) is 1. The maximum atomic E-state index is 13.0. The fraction of sp³-hybridized carbons (Fsp3) is 0.261. The molecule has 0 fully saturated rings. The van der Waals surface area contributed by atoms with Crippen LogP contribution in [-0.4, -0.2) is 34.8 Å². The highest BCUT2D eigenvalue weighted by Crippen LogP contribution is 2.21. The zero-order chi connectivity index (χ0) is 20.8. The van der Waals surface area contributed by atoms with E-state index >= 15 is 0 Å². The molecule has 154 valence electrons. The van der Waals surface area contributed by atoms with E-state index in [9.17, 15) is 9.59 Å². The number of hydrogen-bond donors (Lipinski definition) is 3. The van der Waals surface area contributed by atoms with E-state index in [2.05, 4.69) is 32.7 Å². The highest BCUT2D eigenvalue weighted by molar-refractivity contribution is 5.76. The highest BCUT2D eigenvalue weighted by atomic mass is 16.5. The minimum absolute atomic E-state index is 0.169. The van der Waals surface area contributed by atoms with Crippen molar-refractivity contribution in [2.75, 3.05) is 6.54 Å². The van der Waals surface area contributed by atoms with Gasteiger partial charge in [-0.3, -0.25) is 20.2 Å². The number of H-pyrrole nitrogens is 1. The Hall–Kier alpha value is -3.29. The van der Waals surface area contributed by atoms with Gasteiger partial charge in [0, 0.05) is 24.9 Å². The van der Waals surface area contributed by atoms with Crippen molar-refractivity contribution in [3.05, 3.63) is 89.0 Å². The lowest BCUT2D eigenvalue weighted by atomic mass is 9.97. The SMILES string of the molecule is O=Cc1ncc(C[C@H](NC2NCCc3ccccc32)C(=O)OCc2ccccc2)[nH]1. The molecule has 0 aliphatic carbocycles. The predicted molar refractivity (Wildman–Crippen MR) is 112 cm³/mol. The number of rotatable bonds is 8. The van der Waals surface area contributed by atoms with Gasteiger partial charge >= 0.3 is 5.97 Å². The van der Waals surface area contributed by atoms with Crippen molar-refractivity contribution in [3.63, 3.8) is 0 Å². The van der Waals surface area contributed by atoms with Gasteiger partial charge in [0.15, 0.2) is 12.1 Å². The lowest BCUT2D eigenvalue weighted by Gasteiger charge is -2.30. The van der Waals surface area contributed by atoms with Gasteiger partial charge in [0.25, 0.3) is 0 Å². The zero-order valence-corrected chi connectivity index (χ0v) is 16.5. The molecule has 0 amide bonds. The van der Waals surface area contributed by atoms with E-state index in [1.165, 1.54) is 5.56 Å². The van der Waals surface area contributed by atoms with E-state index in [1.807, 2.05) is 42.5 Å². The summed E-state index contributed by atoms with van der Waals surface area (Å²) in [5, 5.41) is 6.84. The second-order valence-electron chi connectivity index (χ2n) is 7.26. The molecular weight excluding hydrogens is 380 g/mol. The Labute approximate surface area is 174 Å². The number of ether oxygens (including phenoxy) is 1. The molecule has 2 aromatic carbocycles. The molecule has 1 aliphatic heterocycles. The average Bonchev–Trinajstić information content (AvgIpc) is 3.25. The van der Waals surface area contributed by atoms with Crippen LogP contribution < -0.4 is 10.6 Å². The van der Waals surface area contributed by atoms with Gasteiger partial charge in [-0.05, 0) is 23.1 Å². The second-order valence-corrected chi connectivity index (χ2v) is 7.26. The topological polar surface area (TPSA) is 96.1 Å². The molecule has 7 heteroatoms. The first-order valence-electron chi connectivity index (χ1n) is 10.00. The number of nitrogens with one attached hydrogen (secondary N) is 3. The number of imidazole rings is 1. The number of aromatic amines is 1. The zero-order valence-electron chi connectivity index (χ0n) is 16.5. The van der Waals surface area contributed by atoms with E-state index in [0.717, 1.165) is 24.1 Å². The van der Waals surface area contributed by atoms with E-state index < -0.39 is 6.04 Å². The van der Waals surface area contributed by atoms with Crippen LogP contribution in [0.4, 0.5) is 0 Å². The van der Waals surface area contributed by atoms with Gasteiger partial charge in [0.2, 0.25) is 0 Å². The first-order chi connectivity index (χ1) is 14.7. The normalized spacial score (nSPS) is 16.5. The maximum Gasteiger partial charge on any atom is 0.323 e. The summed E-state index contributed by atoms with van der Waals surface area (Å²) in [6.45, 7) is 1.02. The molecule has 30 heavy (non-hydrogen) atoms. The molecule has 2 heterocycles. The Kier molecular flexibility index (Phi) is 6.32. The standard InChI is InChI=1S/C23H24N4O3/c28-14-21-25-13-18(26-21)12-20(23(29)30-15-16-6-2-1-3-7-16)27-22-19-9-5-4-8-17(19)10-11-24-22/h1-9,13-14,20,22,24,27H,10-12,15H2,(H,25,26)/t20-,22?/m0/s1. The summed E-state index contributed by atoms with van der Waals surface area (Å²) in [4.78, 5) is 30.8. The number of carbonyl (C=O) groups is 2. The lowest BCUT2D eigenvalue weighted by molar-refractivity contribution is -0.147. The minimum Gasteiger partial charge on any atom is -0.460 e. The Morgan fingerprint density at radius 1 is 1.20 bits per heavy atom. The van der Waals surface area contributed by atoms with Gasteiger partial charge < -0.3 is 9.72 Å². The van der Waals surface area contributed by atoms with Crippen LogP contribution in [0.15, 0.2) is 60.8 Å². The summed E-state index contributed by atoms with van der Waals surface area (Å²) in [6.07, 6.45) is 3.33. The predicted octanol–water partition coefficient (Wildman–Crippen LogP) is 2.31. The van der Waals surface area contributed by atoms with Crippen LogP contribution in [0.1, 0.15) is 39.2 Å². The number of aromatic nitrogens is 2. The van der Waals surface area contributed by atoms with E-state index in [-0.39, 0.29) is 24.6 Å². The molecule has 2 atom stereocenters. The van der Waals surface area contributed by atoms with Crippen LogP contribution in [0.25, 0.3) is 0 Å². The third-order valence-electron chi connectivity index (χ3n) is 5.17. The number of benzene rings is 2. The van der Waals surface area contributed by atoms with Crippen molar-refractivity contribution in [1.29, 1.82) is 0 Å². The maximum absolute atomic E-state index is 13.0. The first kappa shape index (κ1) is 20.0. The number of carbonyl (C=O) groups excluding carboxylic acids is 2. The van der Waals surface area contributed by atoms with Crippen molar-refractivity contribution in [1.82, 2.24) is 20.6 Å². The third kappa shape index (κ3) is 4.82. The van der Waals surface area contributed by atoms with Crippen molar-refractivity contribution in [2.45, 2.75) is 31.7 Å². The third-order valence-corrected chi connectivity index (χ3v) is 5.17. The second kappa shape index (κ2) is 9.47. The van der Waals surface area contributed by atoms with Crippen LogP contribution in [0, 0.1) is 0 Å². The van der Waals surface area contributed by atoms with Crippen molar-refractivity contribution in [2.24, 2.45) is 0 Å². The summed E-state index contributed by atoms with van der Waals surface area (Å²) in [7, 11) is 0. The van der Waals surface area contributed by atoms with E-state index in [4.69, 9.17) is 4.74 Å². The number of esters is 1. The largest absolute Gasteiger partial charge is 0.460 e. The van der Waals surface area contributed by atoms with Crippen molar-refractivity contribution in [3.8, 4) is 0 Å². The van der Waals surface area contributed by atoms with Crippen LogP contribution >= 0.6 is 0 Å². The van der Waals surface area contributed by atoms with Crippen molar-refractivity contribution >= 4 is 12.3 Å². The van der Waals surface area contributed by atoms with Gasteiger partial charge in [-0.1, -0.05) is 54.6 Å². The van der Waals surface area contributed by atoms with Crippen LogP contribution in [0.2, 0.25) is 0 Å². The summed E-state index contributed by atoms with van der Waals surface area (Å²) in [5.74, 6) is -0.117. The first-order valence-corrected chi connectivity index (χ1v) is 10.00. The monoisotopic (exact) mass is 404 g/mol. The molecule has 0 saturated heterocycles. The molecule has 1 aromatic heterocycles. The molecule has 1 aliphatic rings. The van der Waals surface area contributed by atoms with Gasteiger partial charge in [-0.25, -0.2) is 4.98 Å². The smallest absolute Gasteiger partial charge is 0.323 e. The Balaban J connectivity index is 1.51. The van der Waals surface area contributed by atoms with Crippen LogP contribution in [0.5, 0.6) is 0 Å². The van der Waals surface area contributed by atoms with E-state index in [1.54, 1.807) is 6.20 Å². The van der Waals surface area contributed by atoms with Crippen LogP contribution in [-0.2, 0) is 29.0 Å². The minimum atomic E-state index is -0.614. The van der Waals surface area contributed by atoms with Gasteiger partial charge in [-0.2, -0.15) is 0 Å². The molecule has 4 rings (SSSR count). The molecular formula is C23H24N4O3. The van der Waals surface area contributed by atoms with Crippen LogP contribution in [0.3, 0.4) is 0 Å². The highest BCUT2D eigenvalue weighted by Gasteiger charge is 2.28. The number of aldehydes is 1. The Morgan fingerprint density at radius 2 is 2.00 bits per heavy atom. The molecule has 0 bridgehead atoms. The van der Waals surface area contributed by atoms with Crippen molar-refractivity contribution < 1.29 is 14.3 Å². The lowest BCUT2D eigenvalue weighted by Crippen LogP contribution is -2.48.